The molecule has 0 bridgehead atoms. The lowest BCUT2D eigenvalue weighted by Crippen LogP contribution is -2.37. The second kappa shape index (κ2) is 7.00. The van der Waals surface area contributed by atoms with E-state index in [1.165, 1.54) is 0 Å². The van der Waals surface area contributed by atoms with Crippen molar-refractivity contribution in [3.8, 4) is 0 Å². The van der Waals surface area contributed by atoms with Crippen molar-refractivity contribution in [3.63, 3.8) is 0 Å². The van der Waals surface area contributed by atoms with Crippen LogP contribution in [0.5, 0.6) is 0 Å². The molecule has 1 saturated heterocycles. The summed E-state index contributed by atoms with van der Waals surface area (Å²) in [6.07, 6.45) is 5.70. The van der Waals surface area contributed by atoms with Gasteiger partial charge in [0.2, 0.25) is 5.91 Å². The molecule has 1 heterocycles. The number of unbranched alkanes of at least 4 members (excludes halogenated alkanes) is 1. The summed E-state index contributed by atoms with van der Waals surface area (Å²) in [4.78, 5) is 14.4. The summed E-state index contributed by atoms with van der Waals surface area (Å²) in [5, 5.41) is 3.51. The minimum absolute atomic E-state index is 0.0587. The van der Waals surface area contributed by atoms with Crippen LogP contribution >= 0.6 is 0 Å². The Bertz CT molecular complexity index is 240. The van der Waals surface area contributed by atoms with E-state index in [0.29, 0.717) is 11.8 Å². The van der Waals surface area contributed by atoms with E-state index in [4.69, 9.17) is 0 Å². The van der Waals surface area contributed by atoms with Gasteiger partial charge in [0.05, 0.1) is 12.2 Å². The summed E-state index contributed by atoms with van der Waals surface area (Å²) in [5.74, 6) is 0.899. The van der Waals surface area contributed by atoms with Gasteiger partial charge in [-0.2, -0.15) is 0 Å². The monoisotopic (exact) mass is 240 g/mol. The van der Waals surface area contributed by atoms with Crippen molar-refractivity contribution in [1.82, 2.24) is 10.2 Å². The van der Waals surface area contributed by atoms with Gasteiger partial charge in [-0.3, -0.25) is 10.1 Å². The summed E-state index contributed by atoms with van der Waals surface area (Å²) in [7, 11) is 0. The van der Waals surface area contributed by atoms with E-state index in [1.54, 1.807) is 0 Å². The van der Waals surface area contributed by atoms with E-state index in [0.717, 1.165) is 38.6 Å². The first-order valence-corrected chi connectivity index (χ1v) is 7.16. The molecule has 2 atom stereocenters. The molecule has 0 aromatic rings. The fourth-order valence-electron chi connectivity index (χ4n) is 2.49. The van der Waals surface area contributed by atoms with Gasteiger partial charge in [-0.25, -0.2) is 0 Å². The van der Waals surface area contributed by atoms with Crippen LogP contribution in [0, 0.1) is 5.92 Å². The van der Waals surface area contributed by atoms with E-state index in [9.17, 15) is 4.79 Å². The van der Waals surface area contributed by atoms with Gasteiger partial charge < -0.3 is 4.90 Å². The molecule has 3 nitrogen and oxygen atoms in total. The predicted molar refractivity (Wildman–Crippen MR) is 71.7 cm³/mol. The number of amides is 1. The number of hydrogen-bond acceptors (Lipinski definition) is 2. The zero-order valence-corrected chi connectivity index (χ0v) is 11.8. The molecular weight excluding hydrogens is 212 g/mol. The van der Waals surface area contributed by atoms with Crippen molar-refractivity contribution in [2.24, 2.45) is 5.92 Å². The van der Waals surface area contributed by atoms with Crippen LogP contribution in [0.1, 0.15) is 59.8 Å². The van der Waals surface area contributed by atoms with E-state index >= 15 is 0 Å². The third-order valence-corrected chi connectivity index (χ3v) is 3.37. The molecule has 17 heavy (non-hydrogen) atoms. The topological polar surface area (TPSA) is 32.3 Å². The Balaban J connectivity index is 2.60. The molecule has 1 fully saturated rings. The lowest BCUT2D eigenvalue weighted by molar-refractivity contribution is -0.130. The van der Waals surface area contributed by atoms with Crippen LogP contribution < -0.4 is 5.32 Å². The molecule has 1 aliphatic heterocycles. The molecule has 1 aliphatic rings. The Morgan fingerprint density at radius 2 is 2.00 bits per heavy atom. The fourth-order valence-corrected chi connectivity index (χ4v) is 2.49. The van der Waals surface area contributed by atoms with Gasteiger partial charge in [-0.15, -0.1) is 0 Å². The van der Waals surface area contributed by atoms with Crippen LogP contribution in [0.3, 0.4) is 0 Å². The molecule has 0 aromatic heterocycles. The molecule has 1 N–H and O–H groups in total. The van der Waals surface area contributed by atoms with E-state index in [1.807, 2.05) is 0 Å². The first kappa shape index (κ1) is 14.5. The maximum absolute atomic E-state index is 12.3. The third-order valence-electron chi connectivity index (χ3n) is 3.37. The van der Waals surface area contributed by atoms with Crippen molar-refractivity contribution in [3.05, 3.63) is 0 Å². The fraction of sp³-hybridized carbons (Fsp3) is 0.929. The minimum atomic E-state index is 0.0587. The Labute approximate surface area is 106 Å². The minimum Gasteiger partial charge on any atom is -0.326 e. The van der Waals surface area contributed by atoms with Crippen molar-refractivity contribution in [2.75, 3.05) is 6.54 Å². The second-order valence-electron chi connectivity index (χ2n) is 5.54. The molecule has 0 aliphatic carbocycles. The maximum Gasteiger partial charge on any atom is 0.241 e. The SMILES string of the molecule is CCCCN1C(=O)C(CC(C)C)NC1CCC. The van der Waals surface area contributed by atoms with Gasteiger partial charge in [0, 0.05) is 6.54 Å². The van der Waals surface area contributed by atoms with E-state index in [2.05, 4.69) is 37.9 Å². The van der Waals surface area contributed by atoms with Gasteiger partial charge in [-0.05, 0) is 25.2 Å². The average Bonchev–Trinajstić information content (AvgIpc) is 2.53. The molecule has 0 saturated carbocycles. The summed E-state index contributed by atoms with van der Waals surface area (Å²) < 4.78 is 0. The highest BCUT2D eigenvalue weighted by Crippen LogP contribution is 2.20. The van der Waals surface area contributed by atoms with E-state index < -0.39 is 0 Å². The normalized spacial score (nSPS) is 25.0. The Hall–Kier alpha value is -0.570. The van der Waals surface area contributed by atoms with Crippen LogP contribution in [-0.2, 0) is 4.79 Å². The van der Waals surface area contributed by atoms with Gasteiger partial charge in [0.25, 0.3) is 0 Å². The molecule has 0 spiro atoms. The largest absolute Gasteiger partial charge is 0.326 e. The third kappa shape index (κ3) is 3.98. The quantitative estimate of drug-likeness (QED) is 0.742. The number of carbonyl (C=O) groups is 1. The lowest BCUT2D eigenvalue weighted by Gasteiger charge is -2.23. The summed E-state index contributed by atoms with van der Waals surface area (Å²) in [5.41, 5.74) is 0. The number of carbonyl (C=O) groups excluding carboxylic acids is 1. The molecule has 1 amide bonds. The summed E-state index contributed by atoms with van der Waals surface area (Å²) in [6, 6.07) is 0.0587. The summed E-state index contributed by atoms with van der Waals surface area (Å²) in [6.45, 7) is 9.63. The highest BCUT2D eigenvalue weighted by Gasteiger charge is 2.37. The molecule has 0 radical (unpaired) electrons. The number of nitrogens with one attached hydrogen (secondary N) is 1. The van der Waals surface area contributed by atoms with Gasteiger partial charge in [0.1, 0.15) is 0 Å². The number of nitrogens with zero attached hydrogens (tertiary/aromatic N) is 1. The van der Waals surface area contributed by atoms with Crippen LogP contribution in [-0.4, -0.2) is 29.6 Å². The highest BCUT2D eigenvalue weighted by atomic mass is 16.2. The predicted octanol–water partition coefficient (Wildman–Crippen LogP) is 2.76. The first-order valence-electron chi connectivity index (χ1n) is 7.16. The second-order valence-corrected chi connectivity index (χ2v) is 5.54. The molecule has 3 heteroatoms. The molecular formula is C14H28N2O. The number of rotatable bonds is 7. The standard InChI is InChI=1S/C14H28N2O/c1-5-7-9-16-13(8-6-2)15-12(14(16)17)10-11(3)4/h11-13,15H,5-10H2,1-4H3. The molecule has 100 valence electrons. The van der Waals surface area contributed by atoms with Crippen molar-refractivity contribution >= 4 is 5.91 Å². The zero-order chi connectivity index (χ0) is 12.8. The van der Waals surface area contributed by atoms with Crippen LogP contribution in [0.15, 0.2) is 0 Å². The smallest absolute Gasteiger partial charge is 0.241 e. The molecule has 0 aromatic carbocycles. The van der Waals surface area contributed by atoms with Crippen molar-refractivity contribution < 1.29 is 4.79 Å². The van der Waals surface area contributed by atoms with Crippen LogP contribution in [0.4, 0.5) is 0 Å². The Morgan fingerprint density at radius 1 is 1.29 bits per heavy atom. The first-order chi connectivity index (χ1) is 8.10. The van der Waals surface area contributed by atoms with Crippen molar-refractivity contribution in [1.29, 1.82) is 0 Å². The Morgan fingerprint density at radius 3 is 2.53 bits per heavy atom. The Kier molecular flexibility index (Phi) is 5.96. The van der Waals surface area contributed by atoms with Crippen LogP contribution in [0.2, 0.25) is 0 Å². The summed E-state index contributed by atoms with van der Waals surface area (Å²) >= 11 is 0. The maximum atomic E-state index is 12.3. The van der Waals surface area contributed by atoms with Gasteiger partial charge in [0.15, 0.2) is 0 Å². The molecule has 2 unspecified atom stereocenters. The van der Waals surface area contributed by atoms with Gasteiger partial charge in [-0.1, -0.05) is 40.5 Å². The number of hydrogen-bond donors (Lipinski definition) is 1. The van der Waals surface area contributed by atoms with Crippen molar-refractivity contribution in [2.45, 2.75) is 72.0 Å². The van der Waals surface area contributed by atoms with Crippen LogP contribution in [0.25, 0.3) is 0 Å². The highest BCUT2D eigenvalue weighted by molar-refractivity contribution is 5.84. The zero-order valence-electron chi connectivity index (χ0n) is 11.8. The molecule has 1 rings (SSSR count). The van der Waals surface area contributed by atoms with Gasteiger partial charge >= 0.3 is 0 Å². The lowest BCUT2D eigenvalue weighted by atomic mass is 10.0. The van der Waals surface area contributed by atoms with E-state index in [-0.39, 0.29) is 12.2 Å². The average molecular weight is 240 g/mol.